The lowest BCUT2D eigenvalue weighted by Gasteiger charge is -2.46. The molecule has 17 heavy (non-hydrogen) atoms. The van der Waals surface area contributed by atoms with Gasteiger partial charge < -0.3 is 14.8 Å². The molecular weight excluding hydrogens is 216 g/mol. The second-order valence-corrected chi connectivity index (χ2v) is 5.47. The summed E-state index contributed by atoms with van der Waals surface area (Å²) in [5, 5.41) is 3.47. The highest BCUT2D eigenvalue weighted by atomic mass is 16.5. The van der Waals surface area contributed by atoms with Gasteiger partial charge in [0.15, 0.2) is 0 Å². The molecule has 4 unspecified atom stereocenters. The van der Waals surface area contributed by atoms with Crippen molar-refractivity contribution in [3.8, 4) is 0 Å². The molecule has 2 heterocycles. The van der Waals surface area contributed by atoms with Gasteiger partial charge in [0.1, 0.15) is 0 Å². The van der Waals surface area contributed by atoms with E-state index in [-0.39, 0.29) is 0 Å². The molecule has 2 aliphatic heterocycles. The summed E-state index contributed by atoms with van der Waals surface area (Å²) < 4.78 is 11.6. The van der Waals surface area contributed by atoms with Crippen molar-refractivity contribution in [3.05, 3.63) is 0 Å². The first kappa shape index (κ1) is 11.9. The molecule has 0 bridgehead atoms. The van der Waals surface area contributed by atoms with Gasteiger partial charge in [0.05, 0.1) is 19.3 Å². The number of nitrogens with zero attached hydrogens (tertiary/aromatic N) is 1. The molecule has 0 spiro atoms. The van der Waals surface area contributed by atoms with E-state index in [1.165, 1.54) is 19.3 Å². The Hall–Kier alpha value is -0.160. The first-order chi connectivity index (χ1) is 8.40. The van der Waals surface area contributed by atoms with Crippen molar-refractivity contribution in [2.24, 2.45) is 0 Å². The van der Waals surface area contributed by atoms with Gasteiger partial charge in [0.25, 0.3) is 0 Å². The summed E-state index contributed by atoms with van der Waals surface area (Å²) in [5.41, 5.74) is 0. The zero-order valence-electron chi connectivity index (χ0n) is 10.7. The van der Waals surface area contributed by atoms with Crippen molar-refractivity contribution in [3.63, 3.8) is 0 Å². The number of nitrogens with one attached hydrogen (secondary N) is 1. The third-order valence-electron chi connectivity index (χ3n) is 4.65. The minimum atomic E-state index is 0.489. The smallest absolute Gasteiger partial charge is 0.0731 e. The van der Waals surface area contributed by atoms with Crippen LogP contribution in [-0.2, 0) is 9.47 Å². The number of likely N-dealkylation sites (N-methyl/N-ethyl adjacent to an activating group) is 1. The molecule has 0 aromatic rings. The van der Waals surface area contributed by atoms with E-state index in [2.05, 4.69) is 17.3 Å². The summed E-state index contributed by atoms with van der Waals surface area (Å²) in [7, 11) is 2.08. The van der Waals surface area contributed by atoms with E-state index >= 15 is 0 Å². The van der Waals surface area contributed by atoms with Crippen molar-refractivity contribution in [2.75, 3.05) is 33.4 Å². The first-order valence-corrected chi connectivity index (χ1v) is 7.02. The van der Waals surface area contributed by atoms with E-state index in [9.17, 15) is 0 Å². The summed E-state index contributed by atoms with van der Waals surface area (Å²) in [5.74, 6) is 0. The fraction of sp³-hybridized carbons (Fsp3) is 1.00. The topological polar surface area (TPSA) is 33.7 Å². The molecule has 4 atom stereocenters. The zero-order chi connectivity index (χ0) is 11.7. The lowest BCUT2D eigenvalue weighted by atomic mass is 9.98. The highest BCUT2D eigenvalue weighted by molar-refractivity contribution is 4.96. The molecule has 4 nitrogen and oxygen atoms in total. The van der Waals surface area contributed by atoms with Gasteiger partial charge in [-0.3, -0.25) is 4.90 Å². The van der Waals surface area contributed by atoms with Crippen LogP contribution in [0.4, 0.5) is 0 Å². The Morgan fingerprint density at radius 3 is 2.94 bits per heavy atom. The van der Waals surface area contributed by atoms with Crippen molar-refractivity contribution in [2.45, 2.75) is 49.9 Å². The Balaban J connectivity index is 1.72. The standard InChI is InChI=1S/C13H24N2O2/c1-14-10-5-7-16-9-12(10)15-6-8-17-13-4-2-3-11(13)15/h10-14H,2-9H2,1H3. The Morgan fingerprint density at radius 1 is 1.12 bits per heavy atom. The second kappa shape index (κ2) is 5.22. The minimum absolute atomic E-state index is 0.489. The molecule has 2 saturated heterocycles. The normalized spacial score (nSPS) is 43.6. The lowest BCUT2D eigenvalue weighted by Crippen LogP contribution is -2.61. The summed E-state index contributed by atoms with van der Waals surface area (Å²) in [6.45, 7) is 3.76. The predicted octanol–water partition coefficient (Wildman–Crippen LogP) is 0.617. The van der Waals surface area contributed by atoms with E-state index in [0.29, 0.717) is 24.2 Å². The van der Waals surface area contributed by atoms with E-state index in [4.69, 9.17) is 9.47 Å². The van der Waals surface area contributed by atoms with Gasteiger partial charge in [-0.05, 0) is 32.7 Å². The van der Waals surface area contributed by atoms with Crippen molar-refractivity contribution < 1.29 is 9.47 Å². The average Bonchev–Trinajstić information content (AvgIpc) is 2.86. The Morgan fingerprint density at radius 2 is 2.06 bits per heavy atom. The van der Waals surface area contributed by atoms with Crippen LogP contribution in [0.5, 0.6) is 0 Å². The number of fused-ring (bicyclic) bond motifs is 1. The molecule has 0 aromatic carbocycles. The fourth-order valence-electron chi connectivity index (χ4n) is 3.75. The average molecular weight is 240 g/mol. The molecule has 0 aromatic heterocycles. The van der Waals surface area contributed by atoms with Gasteiger partial charge in [-0.15, -0.1) is 0 Å². The number of ether oxygens (including phenoxy) is 2. The van der Waals surface area contributed by atoms with Crippen LogP contribution in [-0.4, -0.2) is 62.5 Å². The predicted molar refractivity (Wildman–Crippen MR) is 66.2 cm³/mol. The minimum Gasteiger partial charge on any atom is -0.380 e. The molecule has 3 rings (SSSR count). The quantitative estimate of drug-likeness (QED) is 0.767. The van der Waals surface area contributed by atoms with E-state index < -0.39 is 0 Å². The van der Waals surface area contributed by atoms with Gasteiger partial charge in [0.2, 0.25) is 0 Å². The number of morpholine rings is 1. The SMILES string of the molecule is CNC1CCOCC1N1CCOC2CCCC21. The highest BCUT2D eigenvalue weighted by Gasteiger charge is 2.41. The molecule has 0 radical (unpaired) electrons. The molecule has 0 amide bonds. The molecule has 3 aliphatic rings. The van der Waals surface area contributed by atoms with Crippen LogP contribution in [0, 0.1) is 0 Å². The first-order valence-electron chi connectivity index (χ1n) is 7.02. The fourth-order valence-corrected chi connectivity index (χ4v) is 3.75. The third-order valence-corrected chi connectivity index (χ3v) is 4.65. The summed E-state index contributed by atoms with van der Waals surface area (Å²) >= 11 is 0. The van der Waals surface area contributed by atoms with Crippen LogP contribution in [0.2, 0.25) is 0 Å². The number of rotatable bonds is 2. The molecule has 1 N–H and O–H groups in total. The molecule has 4 heteroatoms. The van der Waals surface area contributed by atoms with Gasteiger partial charge in [-0.25, -0.2) is 0 Å². The molecule has 3 fully saturated rings. The second-order valence-electron chi connectivity index (χ2n) is 5.47. The van der Waals surface area contributed by atoms with Crippen molar-refractivity contribution in [1.82, 2.24) is 10.2 Å². The molecule has 1 saturated carbocycles. The summed E-state index contributed by atoms with van der Waals surface area (Å²) in [6.07, 6.45) is 5.50. The van der Waals surface area contributed by atoms with Gasteiger partial charge in [0, 0.05) is 31.3 Å². The van der Waals surface area contributed by atoms with Crippen LogP contribution in [0.25, 0.3) is 0 Å². The summed E-state index contributed by atoms with van der Waals surface area (Å²) in [6, 6.07) is 1.78. The van der Waals surface area contributed by atoms with Crippen LogP contribution in [0.1, 0.15) is 25.7 Å². The number of hydrogen-bond acceptors (Lipinski definition) is 4. The van der Waals surface area contributed by atoms with Gasteiger partial charge >= 0.3 is 0 Å². The maximum atomic E-state index is 5.89. The lowest BCUT2D eigenvalue weighted by molar-refractivity contribution is -0.101. The van der Waals surface area contributed by atoms with E-state index in [1.54, 1.807) is 0 Å². The Labute approximate surface area is 104 Å². The van der Waals surface area contributed by atoms with E-state index in [0.717, 1.165) is 32.8 Å². The van der Waals surface area contributed by atoms with Crippen LogP contribution in [0.3, 0.4) is 0 Å². The molecular formula is C13H24N2O2. The maximum absolute atomic E-state index is 5.89. The highest BCUT2D eigenvalue weighted by Crippen LogP contribution is 2.32. The van der Waals surface area contributed by atoms with Gasteiger partial charge in [-0.2, -0.15) is 0 Å². The van der Waals surface area contributed by atoms with E-state index in [1.807, 2.05) is 0 Å². The monoisotopic (exact) mass is 240 g/mol. The Bertz CT molecular complexity index is 262. The van der Waals surface area contributed by atoms with Crippen molar-refractivity contribution >= 4 is 0 Å². The largest absolute Gasteiger partial charge is 0.380 e. The van der Waals surface area contributed by atoms with Crippen molar-refractivity contribution in [1.29, 1.82) is 0 Å². The number of hydrogen-bond donors (Lipinski definition) is 1. The summed E-state index contributed by atoms with van der Waals surface area (Å²) in [4.78, 5) is 2.67. The van der Waals surface area contributed by atoms with Crippen LogP contribution < -0.4 is 5.32 Å². The molecule has 98 valence electrons. The zero-order valence-corrected chi connectivity index (χ0v) is 10.7. The Kier molecular flexibility index (Phi) is 3.66. The van der Waals surface area contributed by atoms with Crippen LogP contribution in [0.15, 0.2) is 0 Å². The van der Waals surface area contributed by atoms with Gasteiger partial charge in [-0.1, -0.05) is 0 Å². The van der Waals surface area contributed by atoms with Crippen LogP contribution >= 0.6 is 0 Å². The maximum Gasteiger partial charge on any atom is 0.0731 e. The third kappa shape index (κ3) is 2.24. The molecule has 1 aliphatic carbocycles.